The summed E-state index contributed by atoms with van der Waals surface area (Å²) in [5.41, 5.74) is 0.991. The smallest absolute Gasteiger partial charge is 0.123 e. The van der Waals surface area contributed by atoms with E-state index in [0.717, 1.165) is 24.9 Å². The number of ether oxygens (including phenoxy) is 1. The van der Waals surface area contributed by atoms with Gasteiger partial charge in [0.2, 0.25) is 0 Å². The predicted octanol–water partition coefficient (Wildman–Crippen LogP) is 2.90. The van der Waals surface area contributed by atoms with Crippen molar-refractivity contribution in [1.29, 1.82) is 0 Å². The number of hydrogen-bond donors (Lipinski definition) is 1. The highest BCUT2D eigenvalue weighted by atomic mass is 19.1. The molecule has 16 heavy (non-hydrogen) atoms. The summed E-state index contributed by atoms with van der Waals surface area (Å²) in [5.74, 6) is -0.182. The Bertz CT molecular complexity index is 296. The minimum absolute atomic E-state index is 0.176. The van der Waals surface area contributed by atoms with E-state index < -0.39 is 0 Å². The monoisotopic (exact) mass is 225 g/mol. The summed E-state index contributed by atoms with van der Waals surface area (Å²) >= 11 is 0. The zero-order valence-corrected chi connectivity index (χ0v) is 10.0. The molecule has 0 amide bonds. The van der Waals surface area contributed by atoms with Crippen molar-refractivity contribution < 1.29 is 9.13 Å². The normalized spacial score (nSPS) is 12.7. The summed E-state index contributed by atoms with van der Waals surface area (Å²) in [4.78, 5) is 0. The fourth-order valence-corrected chi connectivity index (χ4v) is 1.66. The second-order valence-electron chi connectivity index (χ2n) is 3.84. The van der Waals surface area contributed by atoms with Gasteiger partial charge in [-0.2, -0.15) is 0 Å². The molecule has 3 heteroatoms. The molecule has 1 rings (SSSR count). The first kappa shape index (κ1) is 13.1. The van der Waals surface area contributed by atoms with Gasteiger partial charge in [-0.1, -0.05) is 19.1 Å². The van der Waals surface area contributed by atoms with Crippen LogP contribution >= 0.6 is 0 Å². The largest absolute Gasteiger partial charge is 0.385 e. The van der Waals surface area contributed by atoms with Gasteiger partial charge in [0.05, 0.1) is 0 Å². The fraction of sp³-hybridized carbons (Fsp3) is 0.538. The second-order valence-corrected chi connectivity index (χ2v) is 3.84. The van der Waals surface area contributed by atoms with Gasteiger partial charge in [-0.05, 0) is 37.1 Å². The van der Waals surface area contributed by atoms with E-state index in [4.69, 9.17) is 4.74 Å². The van der Waals surface area contributed by atoms with Gasteiger partial charge in [-0.15, -0.1) is 0 Å². The van der Waals surface area contributed by atoms with E-state index in [1.807, 2.05) is 6.07 Å². The molecule has 0 fully saturated rings. The molecule has 0 saturated carbocycles. The summed E-state index contributed by atoms with van der Waals surface area (Å²) in [5, 5.41) is 3.40. The maximum Gasteiger partial charge on any atom is 0.123 e. The van der Waals surface area contributed by atoms with Gasteiger partial charge in [-0.25, -0.2) is 4.39 Å². The lowest BCUT2D eigenvalue weighted by molar-refractivity contribution is 0.183. The van der Waals surface area contributed by atoms with E-state index in [1.165, 1.54) is 6.07 Å². The van der Waals surface area contributed by atoms with Crippen molar-refractivity contribution in [2.45, 2.75) is 25.8 Å². The van der Waals surface area contributed by atoms with Gasteiger partial charge in [0.25, 0.3) is 0 Å². The Balaban J connectivity index is 2.66. The third-order valence-corrected chi connectivity index (χ3v) is 2.50. The maximum absolute atomic E-state index is 13.1. The Morgan fingerprint density at radius 2 is 2.25 bits per heavy atom. The molecule has 0 aliphatic carbocycles. The standard InChI is InChI=1S/C13H20FNO/c1-3-8-15-13(7-9-16-2)11-5-4-6-12(14)10-11/h4-6,10,13,15H,3,7-9H2,1-2H3. The van der Waals surface area contributed by atoms with Gasteiger partial charge >= 0.3 is 0 Å². The molecule has 0 heterocycles. The highest BCUT2D eigenvalue weighted by Crippen LogP contribution is 2.17. The van der Waals surface area contributed by atoms with Crippen LogP contribution in [0.1, 0.15) is 31.4 Å². The van der Waals surface area contributed by atoms with Crippen LogP contribution in [-0.2, 0) is 4.74 Å². The molecule has 0 spiro atoms. The molecule has 1 N–H and O–H groups in total. The molecule has 1 aromatic rings. The number of methoxy groups -OCH3 is 1. The number of hydrogen-bond acceptors (Lipinski definition) is 2. The minimum atomic E-state index is -0.182. The molecule has 0 saturated heterocycles. The van der Waals surface area contributed by atoms with E-state index in [9.17, 15) is 4.39 Å². The number of nitrogens with one attached hydrogen (secondary N) is 1. The minimum Gasteiger partial charge on any atom is -0.385 e. The van der Waals surface area contributed by atoms with E-state index in [2.05, 4.69) is 12.2 Å². The molecule has 2 nitrogen and oxygen atoms in total. The quantitative estimate of drug-likeness (QED) is 0.770. The molecule has 0 bridgehead atoms. The number of benzene rings is 1. The van der Waals surface area contributed by atoms with Crippen LogP contribution in [0, 0.1) is 5.82 Å². The summed E-state index contributed by atoms with van der Waals surface area (Å²) in [6.07, 6.45) is 1.93. The topological polar surface area (TPSA) is 21.3 Å². The van der Waals surface area contributed by atoms with Crippen molar-refractivity contribution in [2.24, 2.45) is 0 Å². The molecular formula is C13H20FNO. The first-order valence-electron chi connectivity index (χ1n) is 5.75. The molecule has 0 aliphatic rings. The van der Waals surface area contributed by atoms with Crippen LogP contribution in [0.15, 0.2) is 24.3 Å². The first-order chi connectivity index (χ1) is 7.77. The predicted molar refractivity (Wildman–Crippen MR) is 63.9 cm³/mol. The summed E-state index contributed by atoms with van der Waals surface area (Å²) in [7, 11) is 1.68. The second kappa shape index (κ2) is 7.36. The van der Waals surface area contributed by atoms with Crippen LogP contribution in [0.5, 0.6) is 0 Å². The Morgan fingerprint density at radius 3 is 2.88 bits per heavy atom. The maximum atomic E-state index is 13.1. The molecule has 0 aromatic heterocycles. The van der Waals surface area contributed by atoms with Crippen LogP contribution < -0.4 is 5.32 Å². The average Bonchev–Trinajstić information content (AvgIpc) is 2.29. The molecular weight excluding hydrogens is 205 g/mol. The molecule has 1 atom stereocenters. The zero-order valence-electron chi connectivity index (χ0n) is 10.0. The Morgan fingerprint density at radius 1 is 1.44 bits per heavy atom. The SMILES string of the molecule is CCCNC(CCOC)c1cccc(F)c1. The third-order valence-electron chi connectivity index (χ3n) is 2.50. The van der Waals surface area contributed by atoms with Gasteiger partial charge < -0.3 is 10.1 Å². The van der Waals surface area contributed by atoms with E-state index in [1.54, 1.807) is 19.2 Å². The van der Waals surface area contributed by atoms with Crippen molar-refractivity contribution in [2.75, 3.05) is 20.3 Å². The van der Waals surface area contributed by atoms with E-state index in [0.29, 0.717) is 6.61 Å². The Hall–Kier alpha value is -0.930. The fourth-order valence-electron chi connectivity index (χ4n) is 1.66. The highest BCUT2D eigenvalue weighted by Gasteiger charge is 2.10. The summed E-state index contributed by atoms with van der Waals surface area (Å²) in [6, 6.07) is 6.93. The van der Waals surface area contributed by atoms with Crippen LogP contribution in [0.25, 0.3) is 0 Å². The van der Waals surface area contributed by atoms with Crippen LogP contribution in [0.3, 0.4) is 0 Å². The average molecular weight is 225 g/mol. The van der Waals surface area contributed by atoms with Crippen molar-refractivity contribution in [3.05, 3.63) is 35.6 Å². The van der Waals surface area contributed by atoms with Crippen LogP contribution in [0.4, 0.5) is 4.39 Å². The van der Waals surface area contributed by atoms with E-state index in [-0.39, 0.29) is 11.9 Å². The van der Waals surface area contributed by atoms with Crippen molar-refractivity contribution in [3.8, 4) is 0 Å². The van der Waals surface area contributed by atoms with Crippen molar-refractivity contribution >= 4 is 0 Å². The van der Waals surface area contributed by atoms with Gasteiger partial charge in [0.1, 0.15) is 5.82 Å². The number of rotatable bonds is 7. The molecule has 90 valence electrons. The van der Waals surface area contributed by atoms with Crippen molar-refractivity contribution in [3.63, 3.8) is 0 Å². The van der Waals surface area contributed by atoms with Gasteiger partial charge in [-0.3, -0.25) is 0 Å². The third kappa shape index (κ3) is 4.29. The number of halogens is 1. The first-order valence-corrected chi connectivity index (χ1v) is 5.75. The van der Waals surface area contributed by atoms with E-state index >= 15 is 0 Å². The lowest BCUT2D eigenvalue weighted by Crippen LogP contribution is -2.23. The van der Waals surface area contributed by atoms with Gasteiger partial charge in [0, 0.05) is 19.8 Å². The van der Waals surface area contributed by atoms with Crippen LogP contribution in [0.2, 0.25) is 0 Å². The lowest BCUT2D eigenvalue weighted by atomic mass is 10.0. The van der Waals surface area contributed by atoms with Crippen LogP contribution in [-0.4, -0.2) is 20.3 Å². The molecule has 1 aromatic carbocycles. The molecule has 1 unspecified atom stereocenters. The summed E-state index contributed by atoms with van der Waals surface area (Å²) < 4.78 is 18.2. The van der Waals surface area contributed by atoms with Crippen molar-refractivity contribution in [1.82, 2.24) is 5.32 Å². The Kier molecular flexibility index (Phi) is 6.04. The lowest BCUT2D eigenvalue weighted by Gasteiger charge is -2.18. The highest BCUT2D eigenvalue weighted by molar-refractivity contribution is 5.20. The molecule has 0 aliphatic heterocycles. The zero-order chi connectivity index (χ0) is 11.8. The Labute approximate surface area is 96.8 Å². The molecule has 0 radical (unpaired) electrons. The summed E-state index contributed by atoms with van der Waals surface area (Å²) in [6.45, 7) is 3.73. The van der Waals surface area contributed by atoms with Gasteiger partial charge in [0.15, 0.2) is 0 Å².